The number of carbonyl (C=O) groups is 1. The molecule has 0 amide bonds. The number of nitro groups is 1. The zero-order chi connectivity index (χ0) is 14.5. The van der Waals surface area contributed by atoms with Crippen LogP contribution in [0.4, 0.5) is 5.69 Å². The van der Waals surface area contributed by atoms with Gasteiger partial charge in [0, 0.05) is 12.1 Å². The molecule has 0 saturated heterocycles. The van der Waals surface area contributed by atoms with Crippen molar-refractivity contribution in [1.29, 1.82) is 0 Å². The number of benzene rings is 2. The van der Waals surface area contributed by atoms with Crippen LogP contribution in [0.5, 0.6) is 0 Å². The van der Waals surface area contributed by atoms with E-state index in [0.29, 0.717) is 5.56 Å². The van der Waals surface area contributed by atoms with Gasteiger partial charge in [-0.25, -0.2) is 4.79 Å². The standard InChI is InChI=1S/C15H11NO4/c17-15(18)14(10-11-4-2-1-3-5-11)12-6-8-13(9-7-12)16(19)20/h1-10H,(H,17,18)/b14-10-. The fourth-order valence-corrected chi connectivity index (χ4v) is 1.75. The first-order valence-electron chi connectivity index (χ1n) is 5.83. The van der Waals surface area contributed by atoms with Crippen molar-refractivity contribution in [2.75, 3.05) is 0 Å². The number of hydrogen-bond acceptors (Lipinski definition) is 3. The summed E-state index contributed by atoms with van der Waals surface area (Å²) >= 11 is 0. The summed E-state index contributed by atoms with van der Waals surface area (Å²) in [5.41, 5.74) is 1.19. The van der Waals surface area contributed by atoms with E-state index in [-0.39, 0.29) is 11.3 Å². The van der Waals surface area contributed by atoms with Gasteiger partial charge in [0.05, 0.1) is 10.5 Å². The van der Waals surface area contributed by atoms with Crippen molar-refractivity contribution in [3.63, 3.8) is 0 Å². The molecular weight excluding hydrogens is 258 g/mol. The minimum atomic E-state index is -1.08. The van der Waals surface area contributed by atoms with E-state index in [2.05, 4.69) is 0 Å². The zero-order valence-electron chi connectivity index (χ0n) is 10.4. The highest BCUT2D eigenvalue weighted by molar-refractivity contribution is 6.20. The van der Waals surface area contributed by atoms with E-state index >= 15 is 0 Å². The monoisotopic (exact) mass is 269 g/mol. The van der Waals surface area contributed by atoms with Gasteiger partial charge in [0.25, 0.3) is 5.69 Å². The van der Waals surface area contributed by atoms with Crippen LogP contribution in [0.1, 0.15) is 11.1 Å². The predicted octanol–water partition coefficient (Wildman–Crippen LogP) is 3.22. The molecule has 0 aliphatic rings. The lowest BCUT2D eigenvalue weighted by Crippen LogP contribution is -2.00. The zero-order valence-corrected chi connectivity index (χ0v) is 10.4. The van der Waals surface area contributed by atoms with Crippen LogP contribution in [0.2, 0.25) is 0 Å². The van der Waals surface area contributed by atoms with Gasteiger partial charge in [-0.2, -0.15) is 0 Å². The molecule has 5 nitrogen and oxygen atoms in total. The summed E-state index contributed by atoms with van der Waals surface area (Å²) in [7, 11) is 0. The van der Waals surface area contributed by atoms with Gasteiger partial charge in [-0.15, -0.1) is 0 Å². The highest BCUT2D eigenvalue weighted by Gasteiger charge is 2.12. The second-order valence-corrected chi connectivity index (χ2v) is 4.08. The largest absolute Gasteiger partial charge is 0.478 e. The molecule has 0 atom stereocenters. The van der Waals surface area contributed by atoms with E-state index in [1.165, 1.54) is 30.3 Å². The molecule has 0 aromatic heterocycles. The van der Waals surface area contributed by atoms with E-state index in [4.69, 9.17) is 0 Å². The second kappa shape index (κ2) is 5.79. The lowest BCUT2D eigenvalue weighted by Gasteiger charge is -2.03. The Morgan fingerprint density at radius 2 is 1.65 bits per heavy atom. The molecule has 0 aliphatic carbocycles. The van der Waals surface area contributed by atoms with E-state index in [9.17, 15) is 20.0 Å². The Balaban J connectivity index is 2.41. The number of aliphatic carboxylic acids is 1. The smallest absolute Gasteiger partial charge is 0.336 e. The number of nitrogens with zero attached hydrogens (tertiary/aromatic N) is 1. The quantitative estimate of drug-likeness (QED) is 0.400. The molecule has 0 unspecified atom stereocenters. The van der Waals surface area contributed by atoms with Crippen LogP contribution >= 0.6 is 0 Å². The van der Waals surface area contributed by atoms with Gasteiger partial charge in [-0.05, 0) is 29.3 Å². The average Bonchev–Trinajstić information content (AvgIpc) is 2.45. The maximum atomic E-state index is 11.3. The van der Waals surface area contributed by atoms with E-state index in [1.54, 1.807) is 24.3 Å². The van der Waals surface area contributed by atoms with Crippen LogP contribution in [-0.2, 0) is 4.79 Å². The fourth-order valence-electron chi connectivity index (χ4n) is 1.75. The number of nitro benzene ring substituents is 1. The maximum Gasteiger partial charge on any atom is 0.336 e. The van der Waals surface area contributed by atoms with Gasteiger partial charge in [0.15, 0.2) is 0 Å². The third-order valence-electron chi connectivity index (χ3n) is 2.73. The van der Waals surface area contributed by atoms with Crippen molar-refractivity contribution in [2.24, 2.45) is 0 Å². The summed E-state index contributed by atoms with van der Waals surface area (Å²) in [5.74, 6) is -1.08. The number of hydrogen-bond donors (Lipinski definition) is 1. The average molecular weight is 269 g/mol. The SMILES string of the molecule is O=C(O)/C(=C\c1ccccc1)c1ccc([N+](=O)[O-])cc1. The molecule has 0 bridgehead atoms. The molecule has 0 spiro atoms. The molecule has 5 heteroatoms. The molecule has 100 valence electrons. The molecule has 0 radical (unpaired) electrons. The second-order valence-electron chi connectivity index (χ2n) is 4.08. The van der Waals surface area contributed by atoms with Crippen molar-refractivity contribution in [3.8, 4) is 0 Å². The Bertz CT molecular complexity index is 660. The molecule has 20 heavy (non-hydrogen) atoms. The summed E-state index contributed by atoms with van der Waals surface area (Å²) in [6.45, 7) is 0. The van der Waals surface area contributed by atoms with Crippen molar-refractivity contribution in [1.82, 2.24) is 0 Å². The summed E-state index contributed by atoms with van der Waals surface area (Å²) in [6.07, 6.45) is 1.53. The van der Waals surface area contributed by atoms with Gasteiger partial charge in [-0.1, -0.05) is 30.3 Å². The maximum absolute atomic E-state index is 11.3. The van der Waals surface area contributed by atoms with E-state index in [1.807, 2.05) is 6.07 Å². The van der Waals surface area contributed by atoms with Crippen LogP contribution in [0, 0.1) is 10.1 Å². The lowest BCUT2D eigenvalue weighted by molar-refractivity contribution is -0.384. The minimum Gasteiger partial charge on any atom is -0.478 e. The fraction of sp³-hybridized carbons (Fsp3) is 0. The first-order valence-corrected chi connectivity index (χ1v) is 5.83. The van der Waals surface area contributed by atoms with Crippen LogP contribution in [0.25, 0.3) is 11.6 Å². The Labute approximate surface area is 115 Å². The van der Waals surface area contributed by atoms with Gasteiger partial charge in [-0.3, -0.25) is 10.1 Å². The number of non-ortho nitro benzene ring substituents is 1. The van der Waals surface area contributed by atoms with E-state index in [0.717, 1.165) is 5.56 Å². The number of carboxylic acids is 1. The predicted molar refractivity (Wildman–Crippen MR) is 75.0 cm³/mol. The summed E-state index contributed by atoms with van der Waals surface area (Å²) in [6, 6.07) is 14.5. The van der Waals surface area contributed by atoms with Gasteiger partial charge in [0.1, 0.15) is 0 Å². The molecule has 1 N–H and O–H groups in total. The van der Waals surface area contributed by atoms with Crippen molar-refractivity contribution in [2.45, 2.75) is 0 Å². The molecule has 2 aromatic rings. The summed E-state index contributed by atoms with van der Waals surface area (Å²) in [5, 5.41) is 19.8. The molecule has 2 rings (SSSR count). The Kier molecular flexibility index (Phi) is 3.91. The van der Waals surface area contributed by atoms with Gasteiger partial charge in [0.2, 0.25) is 0 Å². The van der Waals surface area contributed by atoms with E-state index < -0.39 is 10.9 Å². The first kappa shape index (κ1) is 13.5. The Morgan fingerprint density at radius 3 is 2.15 bits per heavy atom. The van der Waals surface area contributed by atoms with Gasteiger partial charge >= 0.3 is 5.97 Å². The van der Waals surface area contributed by atoms with Crippen molar-refractivity contribution in [3.05, 3.63) is 75.8 Å². The first-order chi connectivity index (χ1) is 9.58. The highest BCUT2D eigenvalue weighted by Crippen LogP contribution is 2.21. The van der Waals surface area contributed by atoms with Gasteiger partial charge < -0.3 is 5.11 Å². The molecule has 0 heterocycles. The third-order valence-corrected chi connectivity index (χ3v) is 2.73. The Morgan fingerprint density at radius 1 is 1.05 bits per heavy atom. The number of carboxylic acid groups (broad SMARTS) is 1. The van der Waals surface area contributed by atoms with Crippen molar-refractivity contribution >= 4 is 23.3 Å². The summed E-state index contributed by atoms with van der Waals surface area (Å²) in [4.78, 5) is 21.4. The molecule has 0 saturated carbocycles. The highest BCUT2D eigenvalue weighted by atomic mass is 16.6. The minimum absolute atomic E-state index is 0.0711. The molecule has 2 aromatic carbocycles. The third kappa shape index (κ3) is 3.08. The van der Waals surface area contributed by atoms with Crippen LogP contribution in [-0.4, -0.2) is 16.0 Å². The van der Waals surface area contributed by atoms with Crippen LogP contribution < -0.4 is 0 Å². The molecule has 0 fully saturated rings. The molecular formula is C15H11NO4. The van der Waals surface area contributed by atoms with Crippen molar-refractivity contribution < 1.29 is 14.8 Å². The van der Waals surface area contributed by atoms with Crippen LogP contribution in [0.3, 0.4) is 0 Å². The number of rotatable bonds is 4. The Hall–Kier alpha value is -2.95. The summed E-state index contributed by atoms with van der Waals surface area (Å²) < 4.78 is 0. The lowest BCUT2D eigenvalue weighted by atomic mass is 10.0. The molecule has 0 aliphatic heterocycles. The topological polar surface area (TPSA) is 80.4 Å². The van der Waals surface area contributed by atoms with Crippen LogP contribution in [0.15, 0.2) is 54.6 Å². The normalized spacial score (nSPS) is 11.1.